The van der Waals surface area contributed by atoms with Gasteiger partial charge in [0, 0.05) is 19.3 Å². The van der Waals surface area contributed by atoms with Crippen molar-refractivity contribution >= 4 is 5.82 Å². The standard InChI is InChI=1S/C12H20N2O2/c1-3-4-8-14(9-10-15)12-11(16-2)6-5-7-13-12/h5-7,15H,3-4,8-10H2,1-2H3. The summed E-state index contributed by atoms with van der Waals surface area (Å²) in [4.78, 5) is 6.37. The molecule has 1 heterocycles. The average Bonchev–Trinajstić information content (AvgIpc) is 2.34. The van der Waals surface area contributed by atoms with Gasteiger partial charge in [-0.2, -0.15) is 0 Å². The maximum atomic E-state index is 9.05. The first kappa shape index (κ1) is 12.8. The lowest BCUT2D eigenvalue weighted by Crippen LogP contribution is -2.28. The largest absolute Gasteiger partial charge is 0.493 e. The van der Waals surface area contributed by atoms with Crippen molar-refractivity contribution < 1.29 is 9.84 Å². The first-order chi connectivity index (χ1) is 7.83. The van der Waals surface area contributed by atoms with E-state index < -0.39 is 0 Å². The fraction of sp³-hybridized carbons (Fsp3) is 0.583. The molecule has 0 radical (unpaired) electrons. The minimum atomic E-state index is 0.128. The Bertz CT molecular complexity index is 305. The van der Waals surface area contributed by atoms with Crippen LogP contribution in [0.25, 0.3) is 0 Å². The second-order valence-electron chi connectivity index (χ2n) is 3.59. The number of ether oxygens (including phenoxy) is 1. The lowest BCUT2D eigenvalue weighted by atomic mass is 10.3. The number of aliphatic hydroxyl groups excluding tert-OH is 1. The van der Waals surface area contributed by atoms with Crippen LogP contribution in [0.2, 0.25) is 0 Å². The fourth-order valence-corrected chi connectivity index (χ4v) is 1.57. The van der Waals surface area contributed by atoms with E-state index in [1.165, 1.54) is 0 Å². The summed E-state index contributed by atoms with van der Waals surface area (Å²) < 4.78 is 5.27. The van der Waals surface area contributed by atoms with Gasteiger partial charge in [0.1, 0.15) is 0 Å². The van der Waals surface area contributed by atoms with Gasteiger partial charge < -0.3 is 14.7 Å². The quantitative estimate of drug-likeness (QED) is 0.765. The van der Waals surface area contributed by atoms with Crippen LogP contribution < -0.4 is 9.64 Å². The van der Waals surface area contributed by atoms with E-state index in [0.717, 1.165) is 31.0 Å². The van der Waals surface area contributed by atoms with Crippen LogP contribution in [0.4, 0.5) is 5.82 Å². The molecule has 0 bridgehead atoms. The molecule has 0 aliphatic rings. The third-order valence-corrected chi connectivity index (χ3v) is 2.42. The number of aromatic nitrogens is 1. The Hall–Kier alpha value is -1.29. The number of hydrogen-bond acceptors (Lipinski definition) is 4. The molecule has 0 spiro atoms. The zero-order valence-corrected chi connectivity index (χ0v) is 10.0. The van der Waals surface area contributed by atoms with E-state index in [2.05, 4.69) is 16.8 Å². The molecule has 0 saturated carbocycles. The molecule has 0 atom stereocenters. The molecule has 4 heteroatoms. The number of rotatable bonds is 7. The maximum absolute atomic E-state index is 9.05. The Kier molecular flexibility index (Phi) is 5.64. The summed E-state index contributed by atoms with van der Waals surface area (Å²) in [7, 11) is 1.64. The normalized spacial score (nSPS) is 10.2. The van der Waals surface area contributed by atoms with Crippen molar-refractivity contribution in [3.8, 4) is 5.75 Å². The highest BCUT2D eigenvalue weighted by Crippen LogP contribution is 2.24. The first-order valence-corrected chi connectivity index (χ1v) is 5.68. The van der Waals surface area contributed by atoms with Crippen LogP contribution in [0.5, 0.6) is 5.75 Å². The third-order valence-electron chi connectivity index (χ3n) is 2.42. The minimum Gasteiger partial charge on any atom is -0.493 e. The van der Waals surface area contributed by atoms with Crippen LogP contribution in [-0.2, 0) is 0 Å². The highest BCUT2D eigenvalue weighted by atomic mass is 16.5. The van der Waals surface area contributed by atoms with E-state index >= 15 is 0 Å². The average molecular weight is 224 g/mol. The summed E-state index contributed by atoms with van der Waals surface area (Å²) in [5.74, 6) is 1.57. The molecule has 16 heavy (non-hydrogen) atoms. The third kappa shape index (κ3) is 3.38. The summed E-state index contributed by atoms with van der Waals surface area (Å²) in [5, 5.41) is 9.05. The summed E-state index contributed by atoms with van der Waals surface area (Å²) in [5.41, 5.74) is 0. The van der Waals surface area contributed by atoms with Crippen LogP contribution in [0.3, 0.4) is 0 Å². The van der Waals surface area contributed by atoms with Crippen molar-refractivity contribution in [3.63, 3.8) is 0 Å². The number of hydrogen-bond donors (Lipinski definition) is 1. The molecule has 0 aliphatic carbocycles. The number of unbranched alkanes of at least 4 members (excludes halogenated alkanes) is 1. The van der Waals surface area contributed by atoms with E-state index in [1.54, 1.807) is 13.3 Å². The van der Waals surface area contributed by atoms with Crippen LogP contribution in [0.15, 0.2) is 18.3 Å². The number of pyridine rings is 1. The Morgan fingerprint density at radius 3 is 2.88 bits per heavy atom. The van der Waals surface area contributed by atoms with Gasteiger partial charge in [-0.15, -0.1) is 0 Å². The van der Waals surface area contributed by atoms with E-state index in [9.17, 15) is 0 Å². The van der Waals surface area contributed by atoms with Gasteiger partial charge in [-0.1, -0.05) is 13.3 Å². The highest BCUT2D eigenvalue weighted by Gasteiger charge is 2.11. The van der Waals surface area contributed by atoms with Crippen molar-refractivity contribution in [1.29, 1.82) is 0 Å². The molecular weight excluding hydrogens is 204 g/mol. The van der Waals surface area contributed by atoms with Gasteiger partial charge >= 0.3 is 0 Å². The molecule has 0 fully saturated rings. The molecule has 1 N–H and O–H groups in total. The van der Waals surface area contributed by atoms with Gasteiger partial charge in [0.15, 0.2) is 11.6 Å². The van der Waals surface area contributed by atoms with Crippen LogP contribution in [0.1, 0.15) is 19.8 Å². The molecule has 0 amide bonds. The van der Waals surface area contributed by atoms with E-state index in [1.807, 2.05) is 12.1 Å². The van der Waals surface area contributed by atoms with Crippen LogP contribution >= 0.6 is 0 Å². The van der Waals surface area contributed by atoms with Crippen molar-refractivity contribution in [2.75, 3.05) is 31.7 Å². The number of methoxy groups -OCH3 is 1. The molecule has 1 aromatic heterocycles. The van der Waals surface area contributed by atoms with Crippen molar-refractivity contribution in [3.05, 3.63) is 18.3 Å². The van der Waals surface area contributed by atoms with Crippen molar-refractivity contribution in [2.24, 2.45) is 0 Å². The summed E-state index contributed by atoms with van der Waals surface area (Å²) in [6.07, 6.45) is 3.95. The molecule has 90 valence electrons. The molecule has 0 aliphatic heterocycles. The van der Waals surface area contributed by atoms with E-state index in [4.69, 9.17) is 9.84 Å². The van der Waals surface area contributed by atoms with Gasteiger partial charge in [-0.3, -0.25) is 0 Å². The summed E-state index contributed by atoms with van der Waals surface area (Å²) in [6.45, 7) is 3.76. The first-order valence-electron chi connectivity index (χ1n) is 5.68. The smallest absolute Gasteiger partial charge is 0.171 e. The maximum Gasteiger partial charge on any atom is 0.171 e. The zero-order chi connectivity index (χ0) is 11.8. The van der Waals surface area contributed by atoms with Gasteiger partial charge in [0.2, 0.25) is 0 Å². The summed E-state index contributed by atoms with van der Waals surface area (Å²) >= 11 is 0. The molecule has 0 aromatic carbocycles. The molecule has 1 rings (SSSR count). The molecule has 1 aromatic rings. The van der Waals surface area contributed by atoms with Crippen molar-refractivity contribution in [1.82, 2.24) is 4.98 Å². The zero-order valence-electron chi connectivity index (χ0n) is 10.0. The van der Waals surface area contributed by atoms with Crippen molar-refractivity contribution in [2.45, 2.75) is 19.8 Å². The molecule has 0 saturated heterocycles. The SMILES string of the molecule is CCCCN(CCO)c1ncccc1OC. The topological polar surface area (TPSA) is 45.6 Å². The number of nitrogens with zero attached hydrogens (tertiary/aromatic N) is 2. The molecular formula is C12H20N2O2. The number of anilines is 1. The molecule has 4 nitrogen and oxygen atoms in total. The van der Waals surface area contributed by atoms with Crippen LogP contribution in [0, 0.1) is 0 Å². The highest BCUT2D eigenvalue weighted by molar-refractivity contribution is 5.51. The Balaban J connectivity index is 2.81. The summed E-state index contributed by atoms with van der Waals surface area (Å²) in [6, 6.07) is 3.73. The second kappa shape index (κ2) is 7.06. The fourth-order valence-electron chi connectivity index (χ4n) is 1.57. The molecule has 0 unspecified atom stereocenters. The predicted octanol–water partition coefficient (Wildman–Crippen LogP) is 1.69. The van der Waals surface area contributed by atoms with E-state index in [0.29, 0.717) is 6.54 Å². The number of aliphatic hydroxyl groups is 1. The Morgan fingerprint density at radius 2 is 2.25 bits per heavy atom. The van der Waals surface area contributed by atoms with Gasteiger partial charge in [-0.25, -0.2) is 4.98 Å². The lowest BCUT2D eigenvalue weighted by Gasteiger charge is -2.24. The lowest BCUT2D eigenvalue weighted by molar-refractivity contribution is 0.300. The van der Waals surface area contributed by atoms with Gasteiger partial charge in [0.05, 0.1) is 13.7 Å². The van der Waals surface area contributed by atoms with Gasteiger partial charge in [-0.05, 0) is 18.6 Å². The monoisotopic (exact) mass is 224 g/mol. The minimum absolute atomic E-state index is 0.128. The van der Waals surface area contributed by atoms with E-state index in [-0.39, 0.29) is 6.61 Å². The van der Waals surface area contributed by atoms with Crippen LogP contribution in [-0.4, -0.2) is 36.9 Å². The second-order valence-corrected chi connectivity index (χ2v) is 3.59. The predicted molar refractivity (Wildman–Crippen MR) is 65.0 cm³/mol. The Labute approximate surface area is 96.9 Å². The van der Waals surface area contributed by atoms with Gasteiger partial charge in [0.25, 0.3) is 0 Å². The Morgan fingerprint density at radius 1 is 1.44 bits per heavy atom.